The van der Waals surface area contributed by atoms with Crippen LogP contribution >= 0.6 is 11.3 Å². The highest BCUT2D eigenvalue weighted by molar-refractivity contribution is 7.91. The third-order valence-electron chi connectivity index (χ3n) is 5.66. The van der Waals surface area contributed by atoms with E-state index < -0.39 is 22.2 Å². The fourth-order valence-corrected chi connectivity index (χ4v) is 6.97. The van der Waals surface area contributed by atoms with Crippen molar-refractivity contribution in [2.45, 2.75) is 28.7 Å². The van der Waals surface area contributed by atoms with Crippen molar-refractivity contribution in [3.8, 4) is 0 Å². The summed E-state index contributed by atoms with van der Waals surface area (Å²) in [6.07, 6.45) is -0.637. The molecule has 0 aliphatic carbocycles. The SMILES string of the molecule is CN1C(=O)C[C@H](c2ccccc2)[C@@H]1C(O)c1ccc(S(=O)(=O)N2CCOCC2)s1. The summed E-state index contributed by atoms with van der Waals surface area (Å²) < 4.78 is 32.6. The van der Waals surface area contributed by atoms with Crippen molar-refractivity contribution in [3.05, 3.63) is 52.9 Å². The summed E-state index contributed by atoms with van der Waals surface area (Å²) in [7, 11) is -1.92. The Hall–Kier alpha value is -1.78. The standard InChI is InChI=1S/C20H24N2O5S2/c1-21-17(23)13-15(14-5-3-2-4-6-14)19(21)20(24)16-7-8-18(28-16)29(25,26)22-9-11-27-12-10-22/h2-8,15,19-20,24H,9-13H2,1H3/t15-,19-,20?/m1/s1. The molecule has 0 saturated carbocycles. The first-order valence-corrected chi connectivity index (χ1v) is 11.8. The predicted octanol–water partition coefficient (Wildman–Crippen LogP) is 1.82. The number of aliphatic hydroxyl groups is 1. The van der Waals surface area contributed by atoms with Crippen LogP contribution in [0.5, 0.6) is 0 Å². The van der Waals surface area contributed by atoms with E-state index in [-0.39, 0.29) is 16.0 Å². The van der Waals surface area contributed by atoms with Gasteiger partial charge in [-0.05, 0) is 17.7 Å². The summed E-state index contributed by atoms with van der Waals surface area (Å²) in [5.41, 5.74) is 0.993. The summed E-state index contributed by atoms with van der Waals surface area (Å²) in [5, 5.41) is 11.1. The molecule has 3 heterocycles. The number of carbonyl (C=O) groups excluding carboxylic acids is 1. The van der Waals surface area contributed by atoms with E-state index >= 15 is 0 Å². The van der Waals surface area contributed by atoms with Gasteiger partial charge in [-0.15, -0.1) is 11.3 Å². The molecule has 2 saturated heterocycles. The van der Waals surface area contributed by atoms with Gasteiger partial charge in [0.25, 0.3) is 10.0 Å². The fourth-order valence-electron chi connectivity index (χ4n) is 4.05. The van der Waals surface area contributed by atoms with Crippen LogP contribution in [0, 0.1) is 0 Å². The van der Waals surface area contributed by atoms with E-state index in [4.69, 9.17) is 4.74 Å². The minimum atomic E-state index is -3.61. The van der Waals surface area contributed by atoms with E-state index in [0.717, 1.165) is 16.9 Å². The van der Waals surface area contributed by atoms with Gasteiger partial charge in [0.15, 0.2) is 0 Å². The van der Waals surface area contributed by atoms with E-state index in [9.17, 15) is 18.3 Å². The number of aliphatic hydroxyl groups excluding tert-OH is 1. The highest BCUT2D eigenvalue weighted by atomic mass is 32.2. The molecule has 0 spiro atoms. The molecule has 1 aromatic heterocycles. The number of carbonyl (C=O) groups is 1. The zero-order valence-electron chi connectivity index (χ0n) is 16.1. The number of benzene rings is 1. The average Bonchev–Trinajstić information content (AvgIpc) is 3.35. The maximum absolute atomic E-state index is 12.9. The van der Waals surface area contributed by atoms with Crippen LogP contribution in [-0.2, 0) is 19.6 Å². The molecule has 156 valence electrons. The van der Waals surface area contributed by atoms with Crippen LogP contribution < -0.4 is 0 Å². The number of amides is 1. The van der Waals surface area contributed by atoms with Crippen molar-refractivity contribution in [2.75, 3.05) is 33.4 Å². The Balaban J connectivity index is 1.60. The number of hydrogen-bond donors (Lipinski definition) is 1. The smallest absolute Gasteiger partial charge is 0.252 e. The number of sulfonamides is 1. The van der Waals surface area contributed by atoms with E-state index in [1.807, 2.05) is 30.3 Å². The zero-order chi connectivity index (χ0) is 20.6. The maximum Gasteiger partial charge on any atom is 0.252 e. The van der Waals surface area contributed by atoms with Gasteiger partial charge in [-0.2, -0.15) is 4.31 Å². The van der Waals surface area contributed by atoms with E-state index in [1.165, 1.54) is 4.31 Å². The molecule has 2 aromatic rings. The molecule has 3 atom stereocenters. The highest BCUT2D eigenvalue weighted by Crippen LogP contribution is 2.42. The second-order valence-electron chi connectivity index (χ2n) is 7.33. The van der Waals surface area contributed by atoms with Gasteiger partial charge in [-0.25, -0.2) is 8.42 Å². The van der Waals surface area contributed by atoms with Crippen molar-refractivity contribution < 1.29 is 23.1 Å². The van der Waals surface area contributed by atoms with Crippen LogP contribution in [0.25, 0.3) is 0 Å². The Morgan fingerprint density at radius 1 is 1.14 bits per heavy atom. The van der Waals surface area contributed by atoms with Gasteiger partial charge in [-0.1, -0.05) is 30.3 Å². The van der Waals surface area contributed by atoms with Gasteiger partial charge in [0.05, 0.1) is 19.3 Å². The average molecular weight is 437 g/mol. The number of hydrogen-bond acceptors (Lipinski definition) is 6. The maximum atomic E-state index is 12.9. The summed E-state index contributed by atoms with van der Waals surface area (Å²) in [4.78, 5) is 14.5. The number of thiophene rings is 1. The quantitative estimate of drug-likeness (QED) is 0.773. The van der Waals surface area contributed by atoms with Crippen molar-refractivity contribution in [3.63, 3.8) is 0 Å². The number of ether oxygens (including phenoxy) is 1. The minimum absolute atomic E-state index is 0.0272. The van der Waals surface area contributed by atoms with Crippen molar-refractivity contribution in [2.24, 2.45) is 0 Å². The van der Waals surface area contributed by atoms with Crippen LogP contribution in [0.4, 0.5) is 0 Å². The summed E-state index contributed by atoms with van der Waals surface area (Å²) in [5.74, 6) is -0.175. The Bertz CT molecular complexity index is 970. The van der Waals surface area contributed by atoms with Gasteiger partial charge in [0, 0.05) is 37.4 Å². The molecule has 9 heteroatoms. The van der Waals surface area contributed by atoms with Crippen LogP contribution in [-0.4, -0.2) is 68.0 Å². The minimum Gasteiger partial charge on any atom is -0.385 e. The third kappa shape index (κ3) is 3.85. The lowest BCUT2D eigenvalue weighted by Gasteiger charge is -2.29. The normalized spacial score (nSPS) is 24.8. The molecule has 2 aliphatic rings. The Labute approximate surface area is 174 Å². The summed E-state index contributed by atoms with van der Waals surface area (Å²) >= 11 is 1.07. The van der Waals surface area contributed by atoms with Crippen LogP contribution in [0.1, 0.15) is 28.9 Å². The van der Waals surface area contributed by atoms with E-state index in [2.05, 4.69) is 0 Å². The molecule has 1 amide bonds. The molecule has 2 aliphatic heterocycles. The van der Waals surface area contributed by atoms with Crippen molar-refractivity contribution in [1.29, 1.82) is 0 Å². The number of likely N-dealkylation sites (N-methyl/N-ethyl adjacent to an activating group) is 1. The van der Waals surface area contributed by atoms with Crippen LogP contribution in [0.15, 0.2) is 46.7 Å². The van der Waals surface area contributed by atoms with Gasteiger partial charge in [0.1, 0.15) is 10.3 Å². The Morgan fingerprint density at radius 2 is 1.83 bits per heavy atom. The molecule has 1 aromatic carbocycles. The summed E-state index contributed by atoms with van der Waals surface area (Å²) in [6, 6.07) is 12.4. The molecule has 0 radical (unpaired) electrons. The van der Waals surface area contributed by atoms with E-state index in [0.29, 0.717) is 37.6 Å². The molecular formula is C20H24N2O5S2. The number of rotatable bonds is 5. The lowest BCUT2D eigenvalue weighted by molar-refractivity contribution is -0.128. The number of morpholine rings is 1. The molecule has 29 heavy (non-hydrogen) atoms. The van der Waals surface area contributed by atoms with Gasteiger partial charge >= 0.3 is 0 Å². The Morgan fingerprint density at radius 3 is 2.52 bits per heavy atom. The monoisotopic (exact) mass is 436 g/mol. The van der Waals surface area contributed by atoms with Gasteiger partial charge < -0.3 is 14.7 Å². The largest absolute Gasteiger partial charge is 0.385 e. The van der Waals surface area contributed by atoms with E-state index in [1.54, 1.807) is 24.1 Å². The lowest BCUT2D eigenvalue weighted by Crippen LogP contribution is -2.40. The van der Waals surface area contributed by atoms with Crippen LogP contribution in [0.2, 0.25) is 0 Å². The molecule has 2 fully saturated rings. The third-order valence-corrected chi connectivity index (χ3v) is 9.18. The molecule has 0 bridgehead atoms. The fraction of sp³-hybridized carbons (Fsp3) is 0.450. The molecule has 7 nitrogen and oxygen atoms in total. The first-order valence-electron chi connectivity index (χ1n) is 9.56. The van der Waals surface area contributed by atoms with Crippen LogP contribution in [0.3, 0.4) is 0 Å². The molecule has 1 unspecified atom stereocenters. The van der Waals surface area contributed by atoms with Crippen molar-refractivity contribution in [1.82, 2.24) is 9.21 Å². The van der Waals surface area contributed by atoms with Gasteiger partial charge in [0.2, 0.25) is 5.91 Å². The first kappa shape index (κ1) is 20.5. The molecule has 4 rings (SSSR count). The number of likely N-dealkylation sites (tertiary alicyclic amines) is 1. The highest BCUT2D eigenvalue weighted by Gasteiger charge is 2.43. The van der Waals surface area contributed by atoms with Crippen molar-refractivity contribution >= 4 is 27.3 Å². The second kappa shape index (κ2) is 8.16. The first-order chi connectivity index (χ1) is 13.9. The molecular weight excluding hydrogens is 412 g/mol. The topological polar surface area (TPSA) is 87.2 Å². The number of nitrogens with zero attached hydrogens (tertiary/aromatic N) is 2. The van der Waals surface area contributed by atoms with Gasteiger partial charge in [-0.3, -0.25) is 4.79 Å². The molecule has 1 N–H and O–H groups in total. The summed E-state index contributed by atoms with van der Waals surface area (Å²) in [6.45, 7) is 1.42. The predicted molar refractivity (Wildman–Crippen MR) is 109 cm³/mol. The second-order valence-corrected chi connectivity index (χ2v) is 10.6. The lowest BCUT2D eigenvalue weighted by atomic mass is 9.88. The zero-order valence-corrected chi connectivity index (χ0v) is 17.7. The Kier molecular flexibility index (Phi) is 5.76.